The van der Waals surface area contributed by atoms with Crippen LogP contribution in [0.5, 0.6) is 5.75 Å². The van der Waals surface area contributed by atoms with E-state index in [1.54, 1.807) is 4.90 Å². The lowest BCUT2D eigenvalue weighted by Crippen LogP contribution is -2.34. The summed E-state index contributed by atoms with van der Waals surface area (Å²) in [5, 5.41) is 19.9. The summed E-state index contributed by atoms with van der Waals surface area (Å²) in [5.74, 6) is -0.220. The molecule has 8 nitrogen and oxygen atoms in total. The van der Waals surface area contributed by atoms with E-state index in [-0.39, 0.29) is 29.3 Å². The van der Waals surface area contributed by atoms with E-state index in [9.17, 15) is 14.9 Å². The fourth-order valence-corrected chi connectivity index (χ4v) is 2.23. The summed E-state index contributed by atoms with van der Waals surface area (Å²) in [5.41, 5.74) is -0.0397. The summed E-state index contributed by atoms with van der Waals surface area (Å²) in [6.07, 6.45) is 0.967. The monoisotopic (exact) mass is 334 g/mol. The van der Waals surface area contributed by atoms with Gasteiger partial charge in [0.05, 0.1) is 24.5 Å². The van der Waals surface area contributed by atoms with Crippen LogP contribution < -0.4 is 4.74 Å². The molecular weight excluding hydrogens is 312 g/mol. The van der Waals surface area contributed by atoms with E-state index in [1.165, 1.54) is 25.3 Å². The Morgan fingerprint density at radius 3 is 2.58 bits per heavy atom. The molecule has 24 heavy (non-hydrogen) atoms. The molecule has 0 N–H and O–H groups in total. The summed E-state index contributed by atoms with van der Waals surface area (Å²) in [4.78, 5) is 26.7. The smallest absolute Gasteiger partial charge is 0.311 e. The number of hydrogen-bond acceptors (Lipinski definition) is 6. The van der Waals surface area contributed by atoms with E-state index >= 15 is 0 Å². The van der Waals surface area contributed by atoms with Crippen LogP contribution in [0.3, 0.4) is 0 Å². The summed E-state index contributed by atoms with van der Waals surface area (Å²) >= 11 is 0. The van der Waals surface area contributed by atoms with E-state index in [0.29, 0.717) is 13.1 Å². The highest BCUT2D eigenvalue weighted by Crippen LogP contribution is 2.28. The van der Waals surface area contributed by atoms with Gasteiger partial charge < -0.3 is 14.5 Å². The zero-order valence-corrected chi connectivity index (χ0v) is 14.2. The number of nitro groups is 1. The molecule has 0 aliphatic heterocycles. The molecule has 1 aromatic rings. The fraction of sp³-hybridized carbons (Fsp3) is 0.500. The number of amides is 1. The molecule has 0 radical (unpaired) electrons. The molecule has 0 saturated heterocycles. The first-order chi connectivity index (χ1) is 11.4. The zero-order valence-electron chi connectivity index (χ0n) is 14.2. The average molecular weight is 334 g/mol. The Morgan fingerprint density at radius 2 is 2.04 bits per heavy atom. The highest BCUT2D eigenvalue weighted by atomic mass is 16.6. The van der Waals surface area contributed by atoms with Gasteiger partial charge in [0.1, 0.15) is 0 Å². The number of nitriles is 1. The van der Waals surface area contributed by atoms with Crippen LogP contribution in [0.2, 0.25) is 0 Å². The van der Waals surface area contributed by atoms with Crippen molar-refractivity contribution in [2.45, 2.75) is 12.8 Å². The molecule has 0 fully saturated rings. The molecule has 1 rings (SSSR count). The molecule has 1 amide bonds. The number of nitrogens with zero attached hydrogens (tertiary/aromatic N) is 4. The van der Waals surface area contributed by atoms with E-state index in [0.717, 1.165) is 13.0 Å². The molecular formula is C16H22N4O4. The second kappa shape index (κ2) is 9.47. The quantitative estimate of drug-likeness (QED) is 0.505. The molecule has 0 saturated carbocycles. The SMILES string of the molecule is COc1ccc(C(=O)N(CCC#N)CCCN(C)C)cc1[N+](=O)[O-]. The highest BCUT2D eigenvalue weighted by molar-refractivity contribution is 5.95. The lowest BCUT2D eigenvalue weighted by Gasteiger charge is -2.22. The number of carbonyl (C=O) groups is 1. The predicted octanol–water partition coefficient (Wildman–Crippen LogP) is 1.91. The van der Waals surface area contributed by atoms with Crippen LogP contribution in [0.4, 0.5) is 5.69 Å². The van der Waals surface area contributed by atoms with E-state index in [2.05, 4.69) is 0 Å². The number of carbonyl (C=O) groups excluding carboxylic acids is 1. The Balaban J connectivity index is 2.98. The first-order valence-corrected chi connectivity index (χ1v) is 7.54. The number of benzene rings is 1. The van der Waals surface area contributed by atoms with Crippen molar-refractivity contribution >= 4 is 11.6 Å². The number of ether oxygens (including phenoxy) is 1. The van der Waals surface area contributed by atoms with Gasteiger partial charge in [0, 0.05) is 24.7 Å². The minimum absolute atomic E-state index is 0.104. The molecule has 1 aromatic carbocycles. The van der Waals surface area contributed by atoms with Crippen LogP contribution in [-0.4, -0.2) is 61.5 Å². The number of rotatable bonds is 9. The number of methoxy groups -OCH3 is 1. The zero-order chi connectivity index (χ0) is 18.1. The van der Waals surface area contributed by atoms with Crippen molar-refractivity contribution in [3.8, 4) is 11.8 Å². The molecule has 130 valence electrons. The highest BCUT2D eigenvalue weighted by Gasteiger charge is 2.21. The van der Waals surface area contributed by atoms with Gasteiger partial charge in [0.15, 0.2) is 5.75 Å². The van der Waals surface area contributed by atoms with Gasteiger partial charge in [-0.25, -0.2) is 0 Å². The first-order valence-electron chi connectivity index (χ1n) is 7.54. The second-order valence-corrected chi connectivity index (χ2v) is 5.50. The maximum absolute atomic E-state index is 12.6. The van der Waals surface area contributed by atoms with E-state index in [4.69, 9.17) is 10.00 Å². The topological polar surface area (TPSA) is 99.7 Å². The Bertz CT molecular complexity index is 625. The van der Waals surface area contributed by atoms with E-state index < -0.39 is 4.92 Å². The number of hydrogen-bond donors (Lipinski definition) is 0. The summed E-state index contributed by atoms with van der Waals surface area (Å²) < 4.78 is 4.94. The van der Waals surface area contributed by atoms with E-state index in [1.807, 2.05) is 25.1 Å². The van der Waals surface area contributed by atoms with Gasteiger partial charge in [-0.05, 0) is 39.2 Å². The van der Waals surface area contributed by atoms with Crippen LogP contribution in [0.1, 0.15) is 23.2 Å². The van der Waals surface area contributed by atoms with Crippen molar-refractivity contribution < 1.29 is 14.5 Å². The van der Waals surface area contributed by atoms with Crippen LogP contribution in [-0.2, 0) is 0 Å². The van der Waals surface area contributed by atoms with Crippen LogP contribution >= 0.6 is 0 Å². The van der Waals surface area contributed by atoms with Gasteiger partial charge in [-0.15, -0.1) is 0 Å². The molecule has 0 aliphatic carbocycles. The Kier molecular flexibility index (Phi) is 7.65. The third-order valence-corrected chi connectivity index (χ3v) is 3.44. The maximum Gasteiger partial charge on any atom is 0.311 e. The van der Waals surface area contributed by atoms with Crippen molar-refractivity contribution in [2.24, 2.45) is 0 Å². The van der Waals surface area contributed by atoms with Crippen LogP contribution in [0.15, 0.2) is 18.2 Å². The third-order valence-electron chi connectivity index (χ3n) is 3.44. The lowest BCUT2D eigenvalue weighted by atomic mass is 10.1. The minimum atomic E-state index is -0.582. The van der Waals surface area contributed by atoms with Gasteiger partial charge in [0.2, 0.25) is 0 Å². The first kappa shape index (κ1) is 19.4. The second-order valence-electron chi connectivity index (χ2n) is 5.50. The van der Waals surface area contributed by atoms with Crippen LogP contribution in [0.25, 0.3) is 0 Å². The largest absolute Gasteiger partial charge is 0.490 e. The Hall–Kier alpha value is -2.66. The summed E-state index contributed by atoms with van der Waals surface area (Å²) in [6, 6.07) is 6.14. The fourth-order valence-electron chi connectivity index (χ4n) is 2.23. The van der Waals surface area contributed by atoms with Crippen LogP contribution in [0, 0.1) is 21.4 Å². The minimum Gasteiger partial charge on any atom is -0.490 e. The molecule has 8 heteroatoms. The van der Waals surface area contributed by atoms with Crippen molar-refractivity contribution in [2.75, 3.05) is 40.8 Å². The normalized spacial score (nSPS) is 10.3. The van der Waals surface area contributed by atoms with Gasteiger partial charge in [-0.1, -0.05) is 0 Å². The molecule has 0 unspecified atom stereocenters. The predicted molar refractivity (Wildman–Crippen MR) is 89.0 cm³/mol. The molecule has 0 aromatic heterocycles. The van der Waals surface area contributed by atoms with Gasteiger partial charge in [-0.3, -0.25) is 14.9 Å². The molecule has 0 atom stereocenters. The van der Waals surface area contributed by atoms with Crippen molar-refractivity contribution in [1.29, 1.82) is 5.26 Å². The Morgan fingerprint density at radius 1 is 1.33 bits per heavy atom. The summed E-state index contributed by atoms with van der Waals surface area (Å²) in [7, 11) is 5.22. The standard InChI is InChI=1S/C16H22N4O4/c1-18(2)9-5-11-19(10-4-8-17)16(21)13-6-7-15(24-3)14(12-13)20(22)23/h6-7,12H,4-5,9-11H2,1-3H3. The van der Waals surface area contributed by atoms with Gasteiger partial charge in [0.25, 0.3) is 5.91 Å². The molecule has 0 spiro atoms. The summed E-state index contributed by atoms with van der Waals surface area (Å²) in [6.45, 7) is 1.58. The lowest BCUT2D eigenvalue weighted by molar-refractivity contribution is -0.385. The number of nitro benzene ring substituents is 1. The van der Waals surface area contributed by atoms with Crippen molar-refractivity contribution in [1.82, 2.24) is 9.80 Å². The molecule has 0 heterocycles. The van der Waals surface area contributed by atoms with Crippen molar-refractivity contribution in [3.05, 3.63) is 33.9 Å². The maximum atomic E-state index is 12.6. The average Bonchev–Trinajstić information content (AvgIpc) is 2.56. The molecule has 0 bridgehead atoms. The Labute approximate surface area is 141 Å². The van der Waals surface area contributed by atoms with Gasteiger partial charge >= 0.3 is 5.69 Å². The van der Waals surface area contributed by atoms with Crippen molar-refractivity contribution in [3.63, 3.8) is 0 Å². The third kappa shape index (κ3) is 5.52. The van der Waals surface area contributed by atoms with Gasteiger partial charge in [-0.2, -0.15) is 5.26 Å². The molecule has 0 aliphatic rings.